The van der Waals surface area contributed by atoms with Crippen molar-refractivity contribution in [2.24, 2.45) is 0 Å². The zero-order chi connectivity index (χ0) is 21.5. The van der Waals surface area contributed by atoms with E-state index >= 15 is 0 Å². The van der Waals surface area contributed by atoms with Crippen LogP contribution in [0.2, 0.25) is 5.02 Å². The van der Waals surface area contributed by atoms with Crippen molar-refractivity contribution < 1.29 is 0 Å². The maximum absolute atomic E-state index is 6.58. The summed E-state index contributed by atoms with van der Waals surface area (Å²) in [6.45, 7) is 0. The number of hydrogen-bond acceptors (Lipinski definition) is 4. The lowest BCUT2D eigenvalue weighted by molar-refractivity contribution is 1.08. The highest BCUT2D eigenvalue weighted by molar-refractivity contribution is 7.26. The molecular weight excluding hydrogens is 434 g/mol. The number of aromatic nitrogens is 3. The highest BCUT2D eigenvalue weighted by Crippen LogP contribution is 2.41. The lowest BCUT2D eigenvalue weighted by Gasteiger charge is -2.09. The largest absolute Gasteiger partial charge is 0.208 e. The number of hydrogen-bond donors (Lipinski definition) is 0. The Hall–Kier alpha value is -3.60. The number of rotatable bonds is 3. The summed E-state index contributed by atoms with van der Waals surface area (Å²) < 4.78 is 2.34. The van der Waals surface area contributed by atoms with Crippen LogP contribution in [-0.2, 0) is 0 Å². The van der Waals surface area contributed by atoms with Crippen LogP contribution in [0.3, 0.4) is 0 Å². The van der Waals surface area contributed by atoms with Crippen molar-refractivity contribution in [1.29, 1.82) is 0 Å². The first-order valence-electron chi connectivity index (χ1n) is 10.2. The maximum atomic E-state index is 6.58. The van der Waals surface area contributed by atoms with E-state index in [2.05, 4.69) is 24.3 Å². The van der Waals surface area contributed by atoms with Crippen LogP contribution < -0.4 is 0 Å². The van der Waals surface area contributed by atoms with Crippen LogP contribution in [0.15, 0.2) is 97.1 Å². The predicted octanol–water partition coefficient (Wildman–Crippen LogP) is 7.89. The quantitative estimate of drug-likeness (QED) is 0.275. The summed E-state index contributed by atoms with van der Waals surface area (Å²) in [6.07, 6.45) is 0. The van der Waals surface area contributed by atoms with Crippen LogP contribution in [-0.4, -0.2) is 15.0 Å². The molecule has 4 aromatic carbocycles. The van der Waals surface area contributed by atoms with E-state index in [4.69, 9.17) is 26.6 Å². The number of fused-ring (bicyclic) bond motifs is 3. The van der Waals surface area contributed by atoms with Gasteiger partial charge in [0.25, 0.3) is 0 Å². The third-order valence-corrected chi connectivity index (χ3v) is 6.82. The van der Waals surface area contributed by atoms with Gasteiger partial charge in [0.05, 0.1) is 0 Å². The molecule has 0 aliphatic heterocycles. The van der Waals surface area contributed by atoms with Crippen LogP contribution in [0.1, 0.15) is 0 Å². The van der Waals surface area contributed by atoms with Crippen LogP contribution >= 0.6 is 22.9 Å². The van der Waals surface area contributed by atoms with E-state index < -0.39 is 0 Å². The van der Waals surface area contributed by atoms with E-state index in [1.165, 1.54) is 10.1 Å². The Bertz CT molecular complexity index is 1520. The summed E-state index contributed by atoms with van der Waals surface area (Å²) in [5.74, 6) is 1.91. The normalized spacial score (nSPS) is 11.3. The van der Waals surface area contributed by atoms with Crippen LogP contribution in [0.4, 0.5) is 0 Å². The van der Waals surface area contributed by atoms with Gasteiger partial charge in [-0.25, -0.2) is 15.0 Å². The minimum Gasteiger partial charge on any atom is -0.208 e. The molecule has 0 spiro atoms. The van der Waals surface area contributed by atoms with Gasteiger partial charge in [0.15, 0.2) is 17.5 Å². The molecule has 0 atom stereocenters. The Morgan fingerprint density at radius 2 is 1.12 bits per heavy atom. The summed E-state index contributed by atoms with van der Waals surface area (Å²) >= 11 is 8.31. The van der Waals surface area contributed by atoms with Gasteiger partial charge in [0.1, 0.15) is 0 Å². The van der Waals surface area contributed by atoms with E-state index in [1.54, 1.807) is 11.3 Å². The molecule has 0 unspecified atom stereocenters. The first-order valence-corrected chi connectivity index (χ1v) is 11.4. The minimum atomic E-state index is 0.622. The van der Waals surface area contributed by atoms with Crippen LogP contribution in [0.5, 0.6) is 0 Å². The Morgan fingerprint density at radius 3 is 1.78 bits per heavy atom. The summed E-state index contributed by atoms with van der Waals surface area (Å²) in [4.78, 5) is 14.6. The first kappa shape index (κ1) is 19.1. The molecule has 2 heterocycles. The molecule has 0 bridgehead atoms. The lowest BCUT2D eigenvalue weighted by Crippen LogP contribution is -2.00. The Kier molecular flexibility index (Phi) is 4.67. The van der Waals surface area contributed by atoms with E-state index in [0.29, 0.717) is 22.5 Å². The van der Waals surface area contributed by atoms with Crippen LogP contribution in [0.25, 0.3) is 54.3 Å². The van der Waals surface area contributed by atoms with Crippen LogP contribution in [0, 0.1) is 0 Å². The smallest absolute Gasteiger partial charge is 0.165 e. The van der Waals surface area contributed by atoms with Crippen molar-refractivity contribution in [3.8, 4) is 34.2 Å². The molecule has 32 heavy (non-hydrogen) atoms. The van der Waals surface area contributed by atoms with Gasteiger partial charge in [-0.1, -0.05) is 90.5 Å². The van der Waals surface area contributed by atoms with Gasteiger partial charge in [-0.2, -0.15) is 0 Å². The van der Waals surface area contributed by atoms with Crippen molar-refractivity contribution in [3.63, 3.8) is 0 Å². The molecule has 0 fully saturated rings. The van der Waals surface area contributed by atoms with Gasteiger partial charge < -0.3 is 0 Å². The molecule has 6 rings (SSSR count). The molecule has 0 aliphatic carbocycles. The van der Waals surface area contributed by atoms with Gasteiger partial charge in [-0.05, 0) is 18.2 Å². The fraction of sp³-hybridized carbons (Fsp3) is 0. The molecule has 0 amide bonds. The number of benzene rings is 4. The monoisotopic (exact) mass is 449 g/mol. The number of thiophene rings is 1. The average Bonchev–Trinajstić information content (AvgIpc) is 3.23. The second kappa shape index (κ2) is 7.83. The molecule has 152 valence electrons. The standard InChI is InChI=1S/C27H16ClN3S/c28-19-15-21-20-13-7-8-14-23(20)32-24(21)22(16-19)27-30-25(17-9-3-1-4-10-17)29-26(31-27)18-11-5-2-6-12-18/h1-16H. The van der Waals surface area contributed by atoms with E-state index in [0.717, 1.165) is 26.8 Å². The maximum Gasteiger partial charge on any atom is 0.165 e. The first-order chi connectivity index (χ1) is 15.8. The van der Waals surface area contributed by atoms with E-state index in [-0.39, 0.29) is 0 Å². The van der Waals surface area contributed by atoms with Crippen molar-refractivity contribution in [2.45, 2.75) is 0 Å². The van der Waals surface area contributed by atoms with Crippen molar-refractivity contribution in [3.05, 3.63) is 102 Å². The molecule has 0 saturated heterocycles. The third kappa shape index (κ3) is 3.34. The Morgan fingerprint density at radius 1 is 0.562 bits per heavy atom. The SMILES string of the molecule is Clc1cc(-c2nc(-c3ccccc3)nc(-c3ccccc3)n2)c2sc3ccccc3c2c1. The number of halogens is 1. The molecule has 5 heteroatoms. The van der Waals surface area contributed by atoms with E-state index in [1.807, 2.05) is 72.8 Å². The average molecular weight is 450 g/mol. The molecule has 3 nitrogen and oxygen atoms in total. The second-order valence-corrected chi connectivity index (χ2v) is 8.96. The Balaban J connectivity index is 1.66. The number of nitrogens with zero attached hydrogens (tertiary/aromatic N) is 3. The van der Waals surface area contributed by atoms with Gasteiger partial charge >= 0.3 is 0 Å². The fourth-order valence-electron chi connectivity index (χ4n) is 3.89. The van der Waals surface area contributed by atoms with E-state index in [9.17, 15) is 0 Å². The summed E-state index contributed by atoms with van der Waals surface area (Å²) in [5.41, 5.74) is 2.82. The summed E-state index contributed by atoms with van der Waals surface area (Å²) in [7, 11) is 0. The summed E-state index contributed by atoms with van der Waals surface area (Å²) in [6, 6.07) is 32.4. The lowest BCUT2D eigenvalue weighted by atomic mass is 10.1. The zero-order valence-electron chi connectivity index (χ0n) is 16.9. The molecule has 2 aromatic heterocycles. The molecular formula is C27H16ClN3S. The third-order valence-electron chi connectivity index (χ3n) is 5.38. The van der Waals surface area contributed by atoms with Gasteiger partial charge in [-0.3, -0.25) is 0 Å². The molecule has 0 N–H and O–H groups in total. The molecule has 6 aromatic rings. The highest BCUT2D eigenvalue weighted by atomic mass is 35.5. The second-order valence-electron chi connectivity index (χ2n) is 7.47. The zero-order valence-corrected chi connectivity index (χ0v) is 18.4. The van der Waals surface area contributed by atoms with Gasteiger partial charge in [0.2, 0.25) is 0 Å². The molecule has 0 saturated carbocycles. The predicted molar refractivity (Wildman–Crippen MR) is 134 cm³/mol. The highest BCUT2D eigenvalue weighted by Gasteiger charge is 2.17. The van der Waals surface area contributed by atoms with Crippen molar-refractivity contribution >= 4 is 43.1 Å². The fourth-order valence-corrected chi connectivity index (χ4v) is 5.30. The van der Waals surface area contributed by atoms with Gasteiger partial charge in [-0.15, -0.1) is 11.3 Å². The molecule has 0 aliphatic rings. The Labute approximate surface area is 194 Å². The van der Waals surface area contributed by atoms with Crippen molar-refractivity contribution in [2.75, 3.05) is 0 Å². The van der Waals surface area contributed by atoms with Crippen molar-refractivity contribution in [1.82, 2.24) is 15.0 Å². The van der Waals surface area contributed by atoms with Gasteiger partial charge in [0, 0.05) is 41.9 Å². The summed E-state index contributed by atoms with van der Waals surface area (Å²) in [5, 5.41) is 2.98. The topological polar surface area (TPSA) is 38.7 Å². The minimum absolute atomic E-state index is 0.622. The molecule has 0 radical (unpaired) electrons.